The molecule has 1 saturated carbocycles. The lowest BCUT2D eigenvalue weighted by Gasteiger charge is -2.26. The first-order valence-electron chi connectivity index (χ1n) is 18.3. The van der Waals surface area contributed by atoms with E-state index in [1.54, 1.807) is 32.2 Å². The Morgan fingerprint density at radius 1 is 1.12 bits per heavy atom. The van der Waals surface area contributed by atoms with Crippen molar-refractivity contribution in [1.29, 1.82) is 0 Å². The lowest BCUT2D eigenvalue weighted by Crippen LogP contribution is -2.56. The first kappa shape index (κ1) is 37.1. The Balaban J connectivity index is 1.23. The molecule has 3 aromatic rings. The number of nitrogens with one attached hydrogen (secondary N) is 2. The number of urea groups is 1. The highest BCUT2D eigenvalue weighted by Gasteiger charge is 2.61. The Kier molecular flexibility index (Phi) is 12.0. The SMILES string of the molecule is CCOC(=O)[C@@]12C[C@H]1C=CCCCCN(C)C(=O)N[C@@H](CCOc1cc(-c3cnn(CCN4CCOCC4)c3)nc3c(C)c(OC)ccc13)C(=O)N2. The van der Waals surface area contributed by atoms with Gasteiger partial charge in [0.05, 0.1) is 57.5 Å². The molecule has 4 heterocycles. The summed E-state index contributed by atoms with van der Waals surface area (Å²) in [7, 11) is 3.34. The minimum atomic E-state index is -1.15. The van der Waals surface area contributed by atoms with Crippen molar-refractivity contribution in [3.05, 3.63) is 48.3 Å². The second kappa shape index (κ2) is 16.8. The van der Waals surface area contributed by atoms with E-state index in [2.05, 4.69) is 26.7 Å². The second-order valence-electron chi connectivity index (χ2n) is 13.7. The molecular formula is C38H51N7O7. The van der Waals surface area contributed by atoms with Crippen molar-refractivity contribution in [3.63, 3.8) is 0 Å². The van der Waals surface area contributed by atoms with Crippen molar-refractivity contribution in [2.75, 3.05) is 66.8 Å². The second-order valence-corrected chi connectivity index (χ2v) is 13.7. The number of ether oxygens (including phenoxy) is 4. The number of rotatable bonds is 11. The average Bonchev–Trinajstić information content (AvgIpc) is 3.63. The standard InChI is InChI=1S/C38H51N7O7/c1-5-51-36(47)38-23-28(38)10-8-6-7-9-14-43(3)37(48)41-30(35(46)42-38)13-19-52-33-22-31(40-34-26(2)32(49-4)12-11-29(33)34)27-24-39-45(25-27)16-15-44-17-20-50-21-18-44/h8,10-12,22,24-25,28,30H,5-7,9,13-21,23H2,1-4H3,(H,41,48)(H,42,46)/t28-,30+,38-/m1/s1. The van der Waals surface area contributed by atoms with Gasteiger partial charge >= 0.3 is 12.0 Å². The molecule has 3 amide bonds. The van der Waals surface area contributed by atoms with Gasteiger partial charge in [0.25, 0.3) is 0 Å². The minimum absolute atomic E-state index is 0.0975. The lowest BCUT2D eigenvalue weighted by molar-refractivity contribution is -0.149. The van der Waals surface area contributed by atoms with Crippen LogP contribution in [-0.4, -0.2) is 121 Å². The highest BCUT2D eigenvalue weighted by Crippen LogP contribution is 2.46. The molecule has 280 valence electrons. The van der Waals surface area contributed by atoms with Crippen molar-refractivity contribution in [2.45, 2.75) is 64.1 Å². The Morgan fingerprint density at radius 3 is 2.73 bits per heavy atom. The van der Waals surface area contributed by atoms with Crippen LogP contribution in [0.1, 0.15) is 44.6 Å². The number of hydrogen-bond donors (Lipinski definition) is 2. The van der Waals surface area contributed by atoms with Crippen LogP contribution in [0.25, 0.3) is 22.2 Å². The molecule has 0 radical (unpaired) electrons. The van der Waals surface area contributed by atoms with Crippen LogP contribution in [-0.2, 0) is 25.6 Å². The third kappa shape index (κ3) is 8.50. The third-order valence-electron chi connectivity index (χ3n) is 10.2. The zero-order valence-corrected chi connectivity index (χ0v) is 30.7. The van der Waals surface area contributed by atoms with E-state index in [-0.39, 0.29) is 31.6 Å². The summed E-state index contributed by atoms with van der Waals surface area (Å²) in [5.41, 5.74) is 1.97. The summed E-state index contributed by atoms with van der Waals surface area (Å²) in [6.07, 6.45) is 11.0. The van der Waals surface area contributed by atoms with Crippen molar-refractivity contribution < 1.29 is 33.3 Å². The Morgan fingerprint density at radius 2 is 1.94 bits per heavy atom. The van der Waals surface area contributed by atoms with E-state index in [4.69, 9.17) is 23.9 Å². The van der Waals surface area contributed by atoms with Crippen LogP contribution in [0.15, 0.2) is 42.7 Å². The first-order chi connectivity index (χ1) is 25.2. The van der Waals surface area contributed by atoms with Gasteiger partial charge in [0.15, 0.2) is 0 Å². The van der Waals surface area contributed by atoms with Crippen molar-refractivity contribution >= 4 is 28.8 Å². The van der Waals surface area contributed by atoms with Gasteiger partial charge in [-0.1, -0.05) is 12.2 Å². The van der Waals surface area contributed by atoms with Crippen LogP contribution in [0.4, 0.5) is 4.79 Å². The maximum Gasteiger partial charge on any atom is 0.332 e. The summed E-state index contributed by atoms with van der Waals surface area (Å²) in [6, 6.07) is 4.35. The molecule has 2 N–H and O–H groups in total. The smallest absolute Gasteiger partial charge is 0.332 e. The number of morpholine rings is 1. The maximum absolute atomic E-state index is 13.9. The fourth-order valence-electron chi connectivity index (χ4n) is 6.86. The molecule has 1 aliphatic carbocycles. The maximum atomic E-state index is 13.9. The predicted octanol–water partition coefficient (Wildman–Crippen LogP) is 3.70. The number of nitrogens with zero attached hydrogens (tertiary/aromatic N) is 5. The molecular weight excluding hydrogens is 666 g/mol. The van der Waals surface area contributed by atoms with Crippen molar-refractivity contribution in [3.8, 4) is 22.8 Å². The fraction of sp³-hybridized carbons (Fsp3) is 0.553. The average molecular weight is 718 g/mol. The van der Waals surface area contributed by atoms with E-state index >= 15 is 0 Å². The molecule has 14 heteroatoms. The molecule has 3 aliphatic rings. The summed E-state index contributed by atoms with van der Waals surface area (Å²) in [5, 5.41) is 11.2. The topological polar surface area (TPSA) is 149 Å². The zero-order chi connectivity index (χ0) is 36.7. The zero-order valence-electron chi connectivity index (χ0n) is 30.7. The summed E-state index contributed by atoms with van der Waals surface area (Å²) < 4.78 is 24.8. The van der Waals surface area contributed by atoms with Gasteiger partial charge in [-0.2, -0.15) is 5.10 Å². The number of amides is 3. The van der Waals surface area contributed by atoms with Gasteiger partial charge in [-0.15, -0.1) is 0 Å². The molecule has 52 heavy (non-hydrogen) atoms. The number of esters is 1. The minimum Gasteiger partial charge on any atom is -0.496 e. The van der Waals surface area contributed by atoms with Gasteiger partial charge in [-0.25, -0.2) is 14.6 Å². The number of aromatic nitrogens is 3. The summed E-state index contributed by atoms with van der Waals surface area (Å²) in [4.78, 5) is 49.2. The Labute approximate surface area is 304 Å². The number of carbonyl (C=O) groups is 3. The number of methoxy groups -OCH3 is 1. The monoisotopic (exact) mass is 717 g/mol. The Hall–Kier alpha value is -4.69. The van der Waals surface area contributed by atoms with Crippen LogP contribution >= 0.6 is 0 Å². The van der Waals surface area contributed by atoms with Gasteiger partial charge in [0.2, 0.25) is 5.91 Å². The van der Waals surface area contributed by atoms with Gasteiger partial charge in [0.1, 0.15) is 23.1 Å². The molecule has 2 aliphatic heterocycles. The molecule has 14 nitrogen and oxygen atoms in total. The van der Waals surface area contributed by atoms with E-state index in [1.807, 2.05) is 42.1 Å². The van der Waals surface area contributed by atoms with Gasteiger partial charge in [0, 0.05) is 74.3 Å². The van der Waals surface area contributed by atoms with E-state index in [9.17, 15) is 14.4 Å². The molecule has 0 spiro atoms. The van der Waals surface area contributed by atoms with Crippen LogP contribution in [0.2, 0.25) is 0 Å². The van der Waals surface area contributed by atoms with Crippen LogP contribution in [0.3, 0.4) is 0 Å². The molecule has 0 unspecified atom stereocenters. The molecule has 2 aromatic heterocycles. The molecule has 6 rings (SSSR count). The van der Waals surface area contributed by atoms with Crippen LogP contribution in [0, 0.1) is 12.8 Å². The van der Waals surface area contributed by atoms with Crippen molar-refractivity contribution in [2.24, 2.45) is 5.92 Å². The van der Waals surface area contributed by atoms with Gasteiger partial charge < -0.3 is 34.5 Å². The Bertz CT molecular complexity index is 1770. The summed E-state index contributed by atoms with van der Waals surface area (Å²) in [6.45, 7) is 9.49. The van der Waals surface area contributed by atoms with Crippen LogP contribution in [0.5, 0.6) is 11.5 Å². The highest BCUT2D eigenvalue weighted by molar-refractivity contribution is 5.95. The van der Waals surface area contributed by atoms with E-state index in [0.29, 0.717) is 30.2 Å². The number of carbonyl (C=O) groups excluding carboxylic acids is 3. The number of fused-ring (bicyclic) bond motifs is 2. The van der Waals surface area contributed by atoms with Gasteiger partial charge in [-0.3, -0.25) is 14.4 Å². The largest absolute Gasteiger partial charge is 0.496 e. The van der Waals surface area contributed by atoms with E-state index in [1.165, 1.54) is 0 Å². The van der Waals surface area contributed by atoms with Crippen molar-refractivity contribution in [1.82, 2.24) is 35.2 Å². The number of aryl methyl sites for hydroxylation is 1. The first-order valence-corrected chi connectivity index (χ1v) is 18.3. The third-order valence-corrected chi connectivity index (χ3v) is 10.2. The normalized spacial score (nSPS) is 23.0. The predicted molar refractivity (Wildman–Crippen MR) is 195 cm³/mol. The molecule has 2 fully saturated rings. The molecule has 0 bridgehead atoms. The number of benzene rings is 1. The van der Waals surface area contributed by atoms with Gasteiger partial charge in [-0.05, 0) is 51.7 Å². The molecule has 1 saturated heterocycles. The lowest BCUT2D eigenvalue weighted by atomic mass is 10.1. The number of hydrogen-bond acceptors (Lipinski definition) is 10. The van der Waals surface area contributed by atoms with E-state index < -0.39 is 23.5 Å². The molecule has 1 aromatic carbocycles. The quantitative estimate of drug-likeness (QED) is 0.222. The van der Waals surface area contributed by atoms with Crippen LogP contribution < -0.4 is 20.1 Å². The fourth-order valence-corrected chi connectivity index (χ4v) is 6.86. The number of allylic oxidation sites excluding steroid dienone is 1. The summed E-state index contributed by atoms with van der Waals surface area (Å²) >= 11 is 0. The summed E-state index contributed by atoms with van der Waals surface area (Å²) in [5.74, 6) is 0.189. The molecule has 3 atom stereocenters. The number of pyridine rings is 1. The highest BCUT2D eigenvalue weighted by atomic mass is 16.5. The van der Waals surface area contributed by atoms with E-state index in [0.717, 1.165) is 80.7 Å².